The van der Waals surface area contributed by atoms with Gasteiger partial charge in [-0.3, -0.25) is 0 Å². The Morgan fingerprint density at radius 2 is 2.17 bits per heavy atom. The van der Waals surface area contributed by atoms with Crippen LogP contribution in [0.3, 0.4) is 0 Å². The predicted molar refractivity (Wildman–Crippen MR) is 92.1 cm³/mol. The Kier molecular flexibility index (Phi) is 5.65. The molecule has 126 valence electrons. The number of allylic oxidation sites excluding steroid dienone is 3. The lowest BCUT2D eigenvalue weighted by Crippen LogP contribution is -2.41. The number of hydrogen-bond donors (Lipinski definition) is 1. The number of aromatic nitrogens is 3. The van der Waals surface area contributed by atoms with E-state index < -0.39 is 0 Å². The standard InChI is InChI=1S/C19H29N3O/c1-2-9-18(23-17-10-5-3-6-11-17)19(12-7-4-8-13-19)14-16-15-20-22-21-16/h4,7-8,12,15,17-18H,2-3,5-6,9-11,13-14H2,1H3,(H,20,21,22). The third kappa shape index (κ3) is 4.11. The van der Waals surface area contributed by atoms with Crippen LogP contribution in [0.4, 0.5) is 0 Å². The maximum absolute atomic E-state index is 6.68. The van der Waals surface area contributed by atoms with Gasteiger partial charge in [0.1, 0.15) is 0 Å². The van der Waals surface area contributed by atoms with Crippen LogP contribution in [-0.2, 0) is 11.2 Å². The van der Waals surface area contributed by atoms with E-state index in [0.29, 0.717) is 6.10 Å². The van der Waals surface area contributed by atoms with Gasteiger partial charge in [-0.25, -0.2) is 0 Å². The van der Waals surface area contributed by atoms with E-state index in [1.54, 1.807) is 0 Å². The SMILES string of the molecule is CCCC(OC1CCCCC1)C1(Cc2cn[nH]n2)C=CC=CC1. The van der Waals surface area contributed by atoms with Crippen molar-refractivity contribution in [2.45, 2.75) is 76.9 Å². The van der Waals surface area contributed by atoms with Crippen molar-refractivity contribution in [3.63, 3.8) is 0 Å². The Morgan fingerprint density at radius 1 is 1.30 bits per heavy atom. The molecule has 2 atom stereocenters. The molecule has 0 bridgehead atoms. The zero-order chi connectivity index (χ0) is 16.0. The molecule has 2 aliphatic carbocycles. The van der Waals surface area contributed by atoms with Gasteiger partial charge in [-0.1, -0.05) is 56.9 Å². The summed E-state index contributed by atoms with van der Waals surface area (Å²) in [5.41, 5.74) is 1.04. The quantitative estimate of drug-likeness (QED) is 0.813. The molecule has 4 nitrogen and oxygen atoms in total. The number of ether oxygens (including phenoxy) is 1. The highest BCUT2D eigenvalue weighted by Crippen LogP contribution is 2.40. The molecule has 0 aromatic carbocycles. The summed E-state index contributed by atoms with van der Waals surface area (Å²) >= 11 is 0. The zero-order valence-electron chi connectivity index (χ0n) is 14.2. The summed E-state index contributed by atoms with van der Waals surface area (Å²) in [6.07, 6.45) is 22.1. The molecule has 2 unspecified atom stereocenters. The Morgan fingerprint density at radius 3 is 2.83 bits per heavy atom. The van der Waals surface area contributed by atoms with Crippen molar-refractivity contribution in [1.29, 1.82) is 0 Å². The molecular weight excluding hydrogens is 286 g/mol. The van der Waals surface area contributed by atoms with E-state index in [1.807, 2.05) is 6.20 Å². The molecule has 0 radical (unpaired) electrons. The minimum Gasteiger partial charge on any atom is -0.374 e. The van der Waals surface area contributed by atoms with Gasteiger partial charge in [-0.2, -0.15) is 15.4 Å². The van der Waals surface area contributed by atoms with Crippen LogP contribution >= 0.6 is 0 Å². The van der Waals surface area contributed by atoms with Crippen LogP contribution in [0, 0.1) is 5.41 Å². The first-order chi connectivity index (χ1) is 11.3. The maximum Gasteiger partial charge on any atom is 0.0834 e. The predicted octanol–water partition coefficient (Wildman–Crippen LogP) is 4.37. The molecule has 1 heterocycles. The van der Waals surface area contributed by atoms with E-state index in [1.165, 1.54) is 32.1 Å². The van der Waals surface area contributed by atoms with Gasteiger partial charge in [-0.05, 0) is 25.7 Å². The summed E-state index contributed by atoms with van der Waals surface area (Å²) in [5.74, 6) is 0. The largest absolute Gasteiger partial charge is 0.374 e. The Balaban J connectivity index is 1.78. The van der Waals surface area contributed by atoms with Gasteiger partial charge in [0.05, 0.1) is 24.1 Å². The van der Waals surface area contributed by atoms with Crippen molar-refractivity contribution in [2.24, 2.45) is 5.41 Å². The Bertz CT molecular complexity index is 517. The van der Waals surface area contributed by atoms with Crippen molar-refractivity contribution < 1.29 is 4.74 Å². The van der Waals surface area contributed by atoms with Gasteiger partial charge in [0.2, 0.25) is 0 Å². The van der Waals surface area contributed by atoms with Crippen LogP contribution < -0.4 is 0 Å². The van der Waals surface area contributed by atoms with Crippen LogP contribution in [0.25, 0.3) is 0 Å². The lowest BCUT2D eigenvalue weighted by atomic mass is 9.71. The summed E-state index contributed by atoms with van der Waals surface area (Å²) in [6, 6.07) is 0. The van der Waals surface area contributed by atoms with E-state index >= 15 is 0 Å². The van der Waals surface area contributed by atoms with Gasteiger partial charge >= 0.3 is 0 Å². The minimum atomic E-state index is 0.0130. The second-order valence-corrected chi connectivity index (χ2v) is 7.04. The molecule has 23 heavy (non-hydrogen) atoms. The van der Waals surface area contributed by atoms with Gasteiger partial charge < -0.3 is 4.74 Å². The fourth-order valence-corrected chi connectivity index (χ4v) is 4.00. The highest BCUT2D eigenvalue weighted by Gasteiger charge is 2.39. The highest BCUT2D eigenvalue weighted by atomic mass is 16.5. The molecule has 0 amide bonds. The smallest absolute Gasteiger partial charge is 0.0834 e. The van der Waals surface area contributed by atoms with Crippen molar-refractivity contribution in [2.75, 3.05) is 0 Å². The first-order valence-electron chi connectivity index (χ1n) is 9.17. The monoisotopic (exact) mass is 315 g/mol. The van der Waals surface area contributed by atoms with Crippen molar-refractivity contribution >= 4 is 0 Å². The fraction of sp³-hybridized carbons (Fsp3) is 0.684. The molecule has 0 saturated heterocycles. The normalized spacial score (nSPS) is 26.5. The van der Waals surface area contributed by atoms with Gasteiger partial charge in [0.25, 0.3) is 0 Å². The molecule has 0 spiro atoms. The van der Waals surface area contributed by atoms with E-state index in [0.717, 1.165) is 31.4 Å². The number of nitrogens with one attached hydrogen (secondary N) is 1. The summed E-state index contributed by atoms with van der Waals surface area (Å²) < 4.78 is 6.68. The summed E-state index contributed by atoms with van der Waals surface area (Å²) in [6.45, 7) is 2.25. The number of hydrogen-bond acceptors (Lipinski definition) is 3. The molecule has 1 aromatic heterocycles. The van der Waals surface area contributed by atoms with E-state index in [2.05, 4.69) is 46.6 Å². The zero-order valence-corrected chi connectivity index (χ0v) is 14.2. The summed E-state index contributed by atoms with van der Waals surface area (Å²) in [5, 5.41) is 11.0. The molecule has 4 heteroatoms. The van der Waals surface area contributed by atoms with Crippen LogP contribution in [-0.4, -0.2) is 27.6 Å². The molecule has 1 fully saturated rings. The van der Waals surface area contributed by atoms with Crippen molar-refractivity contribution in [3.8, 4) is 0 Å². The van der Waals surface area contributed by atoms with Crippen LogP contribution in [0.2, 0.25) is 0 Å². The maximum atomic E-state index is 6.68. The second kappa shape index (κ2) is 7.91. The summed E-state index contributed by atoms with van der Waals surface area (Å²) in [7, 11) is 0. The van der Waals surface area contributed by atoms with Gasteiger partial charge in [0, 0.05) is 11.8 Å². The van der Waals surface area contributed by atoms with E-state index in [-0.39, 0.29) is 11.5 Å². The Hall–Kier alpha value is -1.42. The molecule has 1 aromatic rings. The lowest BCUT2D eigenvalue weighted by molar-refractivity contribution is -0.0834. The molecule has 1 saturated carbocycles. The van der Waals surface area contributed by atoms with Crippen molar-refractivity contribution in [1.82, 2.24) is 15.4 Å². The van der Waals surface area contributed by atoms with Gasteiger partial charge in [-0.15, -0.1) is 0 Å². The minimum absolute atomic E-state index is 0.0130. The van der Waals surface area contributed by atoms with Crippen LogP contribution in [0.1, 0.15) is 64.0 Å². The second-order valence-electron chi connectivity index (χ2n) is 7.04. The first-order valence-corrected chi connectivity index (χ1v) is 9.17. The third-order valence-corrected chi connectivity index (χ3v) is 5.25. The lowest BCUT2D eigenvalue weighted by Gasteiger charge is -2.41. The van der Waals surface area contributed by atoms with Crippen LogP contribution in [0.5, 0.6) is 0 Å². The third-order valence-electron chi connectivity index (χ3n) is 5.25. The molecule has 2 aliphatic rings. The van der Waals surface area contributed by atoms with E-state index in [9.17, 15) is 0 Å². The summed E-state index contributed by atoms with van der Waals surface area (Å²) in [4.78, 5) is 0. The van der Waals surface area contributed by atoms with E-state index in [4.69, 9.17) is 4.74 Å². The number of nitrogens with zero attached hydrogens (tertiary/aromatic N) is 2. The van der Waals surface area contributed by atoms with Crippen LogP contribution in [0.15, 0.2) is 30.5 Å². The number of aromatic amines is 1. The van der Waals surface area contributed by atoms with Gasteiger partial charge in [0.15, 0.2) is 0 Å². The van der Waals surface area contributed by atoms with Crippen molar-refractivity contribution in [3.05, 3.63) is 36.2 Å². The fourth-order valence-electron chi connectivity index (χ4n) is 4.00. The highest BCUT2D eigenvalue weighted by molar-refractivity contribution is 5.21. The molecular formula is C19H29N3O. The molecule has 3 rings (SSSR count). The molecule has 1 N–H and O–H groups in total. The average molecular weight is 315 g/mol. The Labute approximate surface area is 139 Å². The number of H-pyrrole nitrogens is 1. The number of rotatable bonds is 7. The topological polar surface area (TPSA) is 50.8 Å². The average Bonchev–Trinajstić information content (AvgIpc) is 3.09. The molecule has 0 aliphatic heterocycles. The first kappa shape index (κ1) is 16.4.